The van der Waals surface area contributed by atoms with Gasteiger partial charge in [-0.1, -0.05) is 49.7 Å². The van der Waals surface area contributed by atoms with Crippen molar-refractivity contribution < 1.29 is 14.4 Å². The maximum atomic E-state index is 11.8. The molecular formula is C32H30N4O4. The lowest BCUT2D eigenvalue weighted by Gasteiger charge is -2.13. The number of rotatable bonds is 11. The van der Waals surface area contributed by atoms with Gasteiger partial charge < -0.3 is 14.8 Å². The number of nitro benzene ring substituents is 1. The van der Waals surface area contributed by atoms with Crippen molar-refractivity contribution in [1.29, 1.82) is 0 Å². The van der Waals surface area contributed by atoms with Crippen molar-refractivity contribution in [3.8, 4) is 28.6 Å². The number of hydrogen-bond acceptors (Lipinski definition) is 7. The van der Waals surface area contributed by atoms with E-state index in [0.29, 0.717) is 35.4 Å². The molecule has 0 saturated carbocycles. The highest BCUT2D eigenvalue weighted by atomic mass is 16.6. The Morgan fingerprint density at radius 1 is 0.850 bits per heavy atom. The number of non-ortho nitro benzene ring substituents is 1. The van der Waals surface area contributed by atoms with E-state index in [1.165, 1.54) is 17.7 Å². The average molecular weight is 535 g/mol. The molecule has 0 aliphatic rings. The van der Waals surface area contributed by atoms with Crippen LogP contribution in [-0.4, -0.2) is 21.5 Å². The Morgan fingerprint density at radius 3 is 2.33 bits per heavy atom. The van der Waals surface area contributed by atoms with Crippen LogP contribution in [0.3, 0.4) is 0 Å². The molecule has 8 nitrogen and oxygen atoms in total. The van der Waals surface area contributed by atoms with Gasteiger partial charge in [0.1, 0.15) is 23.1 Å². The molecule has 202 valence electrons. The summed E-state index contributed by atoms with van der Waals surface area (Å²) in [5.41, 5.74) is 3.31. The van der Waals surface area contributed by atoms with Crippen LogP contribution in [0.2, 0.25) is 0 Å². The minimum atomic E-state index is -0.445. The van der Waals surface area contributed by atoms with Crippen LogP contribution >= 0.6 is 0 Å². The number of benzene rings is 4. The minimum Gasteiger partial charge on any atom is -0.494 e. The molecule has 5 aromatic rings. The fourth-order valence-electron chi connectivity index (χ4n) is 4.37. The Labute approximate surface area is 232 Å². The number of aromatic nitrogens is 2. The number of nitro groups is 1. The summed E-state index contributed by atoms with van der Waals surface area (Å²) in [5.74, 6) is 2.69. The van der Waals surface area contributed by atoms with E-state index in [0.717, 1.165) is 41.5 Å². The molecule has 1 N–H and O–H groups in total. The summed E-state index contributed by atoms with van der Waals surface area (Å²) in [4.78, 5) is 20.9. The summed E-state index contributed by atoms with van der Waals surface area (Å²) in [6.07, 6.45) is 3.33. The van der Waals surface area contributed by atoms with E-state index in [2.05, 4.69) is 24.4 Å². The fraction of sp³-hybridized carbons (Fsp3) is 0.188. The number of fused-ring (bicyclic) bond motifs is 1. The van der Waals surface area contributed by atoms with Crippen LogP contribution in [0.15, 0.2) is 91.0 Å². The van der Waals surface area contributed by atoms with Crippen LogP contribution in [0.1, 0.15) is 32.3 Å². The molecule has 0 fully saturated rings. The van der Waals surface area contributed by atoms with Gasteiger partial charge in [0.05, 0.1) is 28.8 Å². The summed E-state index contributed by atoms with van der Waals surface area (Å²) >= 11 is 0. The van der Waals surface area contributed by atoms with Crippen molar-refractivity contribution in [1.82, 2.24) is 9.97 Å². The van der Waals surface area contributed by atoms with E-state index >= 15 is 0 Å². The maximum Gasteiger partial charge on any atom is 0.275 e. The highest BCUT2D eigenvalue weighted by molar-refractivity contribution is 5.92. The Balaban J connectivity index is 1.48. The third-order valence-electron chi connectivity index (χ3n) is 6.37. The first-order valence-electron chi connectivity index (χ1n) is 13.4. The summed E-state index contributed by atoms with van der Waals surface area (Å²) in [6, 6.07) is 27.6. The van der Waals surface area contributed by atoms with Gasteiger partial charge in [-0.3, -0.25) is 10.1 Å². The normalized spacial score (nSPS) is 10.8. The average Bonchev–Trinajstić information content (AvgIpc) is 2.97. The first kappa shape index (κ1) is 26.6. The van der Waals surface area contributed by atoms with E-state index in [1.54, 1.807) is 30.3 Å². The standard InChI is InChI=1S/C32H30N4O4/c1-3-5-8-22-11-13-23(14-12-22)31-34-30-10-7-6-9-29(30)32(35-31)33-24-19-25(36(37)38)21-28(20-24)40-27-17-15-26(16-18-27)39-4-2/h6-7,9-21H,3-5,8H2,1-2H3,(H,33,34,35). The van der Waals surface area contributed by atoms with Gasteiger partial charge in [-0.15, -0.1) is 0 Å². The van der Waals surface area contributed by atoms with Crippen molar-refractivity contribution in [2.24, 2.45) is 0 Å². The van der Waals surface area contributed by atoms with E-state index in [1.807, 2.05) is 43.3 Å². The van der Waals surface area contributed by atoms with Gasteiger partial charge in [-0.25, -0.2) is 9.97 Å². The van der Waals surface area contributed by atoms with Crippen molar-refractivity contribution in [2.75, 3.05) is 11.9 Å². The highest BCUT2D eigenvalue weighted by Crippen LogP contribution is 2.34. The molecule has 1 aromatic heterocycles. The zero-order valence-corrected chi connectivity index (χ0v) is 22.5. The largest absolute Gasteiger partial charge is 0.494 e. The topological polar surface area (TPSA) is 99.4 Å². The maximum absolute atomic E-state index is 11.8. The third kappa shape index (κ3) is 6.35. The lowest BCUT2D eigenvalue weighted by atomic mass is 10.1. The fourth-order valence-corrected chi connectivity index (χ4v) is 4.37. The minimum absolute atomic E-state index is 0.104. The molecule has 0 unspecified atom stereocenters. The SMILES string of the molecule is CCCCc1ccc(-c2nc(Nc3cc(Oc4ccc(OCC)cc4)cc([N+](=O)[O-])c3)c3ccccc3n2)cc1. The molecule has 0 saturated heterocycles. The second-order valence-electron chi connectivity index (χ2n) is 9.32. The van der Waals surface area contributed by atoms with Gasteiger partial charge in [-0.2, -0.15) is 0 Å². The molecule has 0 amide bonds. The third-order valence-corrected chi connectivity index (χ3v) is 6.37. The lowest BCUT2D eigenvalue weighted by Crippen LogP contribution is -2.01. The molecule has 0 spiro atoms. The van der Waals surface area contributed by atoms with Crippen LogP contribution in [0.4, 0.5) is 17.2 Å². The number of aryl methyl sites for hydroxylation is 1. The van der Waals surface area contributed by atoms with Gasteiger partial charge >= 0.3 is 0 Å². The van der Waals surface area contributed by atoms with Crippen LogP contribution in [-0.2, 0) is 6.42 Å². The second kappa shape index (κ2) is 12.3. The van der Waals surface area contributed by atoms with Crippen molar-refractivity contribution in [2.45, 2.75) is 33.1 Å². The van der Waals surface area contributed by atoms with Crippen LogP contribution in [0, 0.1) is 10.1 Å². The number of hydrogen-bond donors (Lipinski definition) is 1. The predicted octanol–water partition coefficient (Wildman–Crippen LogP) is 8.48. The monoisotopic (exact) mass is 534 g/mol. The van der Waals surface area contributed by atoms with E-state index < -0.39 is 4.92 Å². The van der Waals surface area contributed by atoms with Crippen LogP contribution in [0.5, 0.6) is 17.2 Å². The molecule has 0 atom stereocenters. The zero-order chi connectivity index (χ0) is 27.9. The molecule has 40 heavy (non-hydrogen) atoms. The number of anilines is 2. The second-order valence-corrected chi connectivity index (χ2v) is 9.32. The number of nitrogens with one attached hydrogen (secondary N) is 1. The predicted molar refractivity (Wildman–Crippen MR) is 158 cm³/mol. The number of ether oxygens (including phenoxy) is 2. The van der Waals surface area contributed by atoms with Gasteiger partial charge in [0, 0.05) is 23.1 Å². The van der Waals surface area contributed by atoms with Gasteiger partial charge in [0.15, 0.2) is 5.82 Å². The van der Waals surface area contributed by atoms with Gasteiger partial charge in [0.25, 0.3) is 5.69 Å². The number of unbranched alkanes of at least 4 members (excludes halogenated alkanes) is 1. The molecule has 4 aromatic carbocycles. The smallest absolute Gasteiger partial charge is 0.275 e. The van der Waals surface area contributed by atoms with Crippen LogP contribution < -0.4 is 14.8 Å². The molecular weight excluding hydrogens is 504 g/mol. The highest BCUT2D eigenvalue weighted by Gasteiger charge is 2.15. The van der Waals surface area contributed by atoms with Gasteiger partial charge in [0.2, 0.25) is 0 Å². The van der Waals surface area contributed by atoms with Crippen molar-refractivity contribution in [3.63, 3.8) is 0 Å². The van der Waals surface area contributed by atoms with E-state index in [4.69, 9.17) is 19.4 Å². The Bertz CT molecular complexity index is 1620. The summed E-state index contributed by atoms with van der Waals surface area (Å²) in [5, 5.41) is 15.8. The molecule has 0 aliphatic heterocycles. The summed E-state index contributed by atoms with van der Waals surface area (Å²) in [7, 11) is 0. The molecule has 0 radical (unpaired) electrons. The number of para-hydroxylation sites is 1. The first-order chi connectivity index (χ1) is 19.5. The molecule has 1 heterocycles. The zero-order valence-electron chi connectivity index (χ0n) is 22.5. The molecule has 0 bridgehead atoms. The summed E-state index contributed by atoms with van der Waals surface area (Å²) < 4.78 is 11.4. The van der Waals surface area contributed by atoms with E-state index in [-0.39, 0.29) is 5.69 Å². The summed E-state index contributed by atoms with van der Waals surface area (Å²) in [6.45, 7) is 4.66. The lowest BCUT2D eigenvalue weighted by molar-refractivity contribution is -0.384. The molecule has 0 aliphatic carbocycles. The van der Waals surface area contributed by atoms with Crippen molar-refractivity contribution >= 4 is 28.1 Å². The Hall–Kier alpha value is -4.98. The number of nitrogens with zero attached hydrogens (tertiary/aromatic N) is 3. The molecule has 8 heteroatoms. The first-order valence-corrected chi connectivity index (χ1v) is 13.4. The quantitative estimate of drug-likeness (QED) is 0.134. The van der Waals surface area contributed by atoms with Gasteiger partial charge in [-0.05, 0) is 61.7 Å². The van der Waals surface area contributed by atoms with Crippen molar-refractivity contribution in [3.05, 3.63) is 107 Å². The Morgan fingerprint density at radius 2 is 1.60 bits per heavy atom. The Kier molecular flexibility index (Phi) is 8.15. The van der Waals surface area contributed by atoms with Crippen LogP contribution in [0.25, 0.3) is 22.3 Å². The van der Waals surface area contributed by atoms with E-state index in [9.17, 15) is 10.1 Å². The molecule has 5 rings (SSSR count).